The van der Waals surface area contributed by atoms with Gasteiger partial charge in [0.05, 0.1) is 41.1 Å². The second-order valence-electron chi connectivity index (χ2n) is 9.29. The molecule has 1 aliphatic heterocycles. The van der Waals surface area contributed by atoms with Gasteiger partial charge in [0, 0.05) is 22.7 Å². The van der Waals surface area contributed by atoms with Crippen LogP contribution in [0, 0.1) is 23.0 Å². The first-order chi connectivity index (χ1) is 17.8. The number of nitrogens with two attached hydrogens (primary N) is 1. The molecule has 1 saturated carbocycles. The van der Waals surface area contributed by atoms with Gasteiger partial charge >= 0.3 is 0 Å². The minimum atomic E-state index is -0.837. The van der Waals surface area contributed by atoms with Gasteiger partial charge in [-0.2, -0.15) is 5.26 Å². The zero-order chi connectivity index (χ0) is 26.3. The van der Waals surface area contributed by atoms with Crippen LogP contribution in [0.5, 0.6) is 0 Å². The fourth-order valence-electron chi connectivity index (χ4n) is 4.78. The van der Waals surface area contributed by atoms with Crippen molar-refractivity contribution in [3.05, 3.63) is 71.6 Å². The molecular formula is C26H23F2IN6O2. The molecule has 2 fully saturated rings. The van der Waals surface area contributed by atoms with Crippen LogP contribution in [0.15, 0.2) is 48.7 Å². The second kappa shape index (κ2) is 9.92. The van der Waals surface area contributed by atoms with Crippen LogP contribution in [0.25, 0.3) is 11.4 Å². The smallest absolute Gasteiger partial charge is 0.274 e. The third-order valence-electron chi connectivity index (χ3n) is 6.88. The fourth-order valence-corrected chi connectivity index (χ4v) is 5.97. The van der Waals surface area contributed by atoms with E-state index >= 15 is 0 Å². The fraction of sp³-hybridized carbons (Fsp3) is 0.308. The van der Waals surface area contributed by atoms with Gasteiger partial charge in [0.1, 0.15) is 17.3 Å². The number of alkyl halides is 1. The molecule has 0 spiro atoms. The van der Waals surface area contributed by atoms with E-state index in [9.17, 15) is 23.9 Å². The number of carbonyl (C=O) groups excluding carboxylic acids is 1. The van der Waals surface area contributed by atoms with Crippen molar-refractivity contribution in [3.63, 3.8) is 0 Å². The van der Waals surface area contributed by atoms with Crippen LogP contribution in [0.4, 0.5) is 20.2 Å². The molecule has 1 aliphatic carbocycles. The lowest BCUT2D eigenvalue weighted by atomic mass is 9.96. The van der Waals surface area contributed by atoms with Crippen LogP contribution >= 0.6 is 22.6 Å². The van der Waals surface area contributed by atoms with Crippen molar-refractivity contribution in [2.24, 2.45) is 5.73 Å². The Labute approximate surface area is 225 Å². The standard InChI is InChI=1S/C26H23F2IN6O2/c27-17-2-1-3-18(28)23(17)24-32-7-6-20(33-24)25(37)34-19-5-4-14(26(13-30)10-22(26)29)8-21(19)35-11-15(31)9-16(35)12-36/h1-8,15-16,22,36H,9-12,31H2,(H,34,37)/t15-,16-,22?,26?/m0/s1. The number of hydrogen-bond donors (Lipinski definition) is 3. The van der Waals surface area contributed by atoms with Gasteiger partial charge < -0.3 is 21.1 Å². The van der Waals surface area contributed by atoms with Crippen LogP contribution in [0.2, 0.25) is 0 Å². The topological polar surface area (TPSA) is 128 Å². The SMILES string of the molecule is N#CC1(c2ccc(NC(=O)c3ccnc(-c4c(F)cccc4F)n3)c(N3C[C@@H](N)C[C@H]3CO)c2)CC1I. The number of aliphatic hydroxyl groups is 1. The summed E-state index contributed by atoms with van der Waals surface area (Å²) in [6.07, 6.45) is 2.57. The van der Waals surface area contributed by atoms with Crippen molar-refractivity contribution in [2.45, 2.75) is 34.3 Å². The van der Waals surface area contributed by atoms with E-state index < -0.39 is 28.5 Å². The summed E-state index contributed by atoms with van der Waals surface area (Å²) in [7, 11) is 0. The molecule has 4 atom stereocenters. The first kappa shape index (κ1) is 25.4. The van der Waals surface area contributed by atoms with Crippen molar-refractivity contribution >= 4 is 39.9 Å². The Bertz CT molecular complexity index is 1400. The highest BCUT2D eigenvalue weighted by Crippen LogP contribution is 2.54. The number of benzene rings is 2. The molecule has 2 aliphatic rings. The van der Waals surface area contributed by atoms with Gasteiger partial charge in [-0.1, -0.05) is 34.7 Å². The summed E-state index contributed by atoms with van der Waals surface area (Å²) in [5.74, 6) is -2.53. The number of nitrogens with zero attached hydrogens (tertiary/aromatic N) is 4. The largest absolute Gasteiger partial charge is 0.394 e. The summed E-state index contributed by atoms with van der Waals surface area (Å²) in [5.41, 5.74) is 6.99. The van der Waals surface area contributed by atoms with Crippen molar-refractivity contribution in [3.8, 4) is 17.5 Å². The predicted octanol–water partition coefficient (Wildman–Crippen LogP) is 3.54. The minimum absolute atomic E-state index is 0.0810. The average Bonchev–Trinajstić information content (AvgIpc) is 3.41. The number of nitrogens with one attached hydrogen (secondary N) is 1. The number of aromatic nitrogens is 2. The summed E-state index contributed by atoms with van der Waals surface area (Å²) in [4.78, 5) is 23.2. The van der Waals surface area contributed by atoms with Crippen molar-refractivity contribution in [1.29, 1.82) is 5.26 Å². The summed E-state index contributed by atoms with van der Waals surface area (Å²) in [6, 6.07) is 12.2. The maximum atomic E-state index is 14.3. The molecular weight excluding hydrogens is 593 g/mol. The van der Waals surface area contributed by atoms with Crippen LogP contribution < -0.4 is 16.0 Å². The van der Waals surface area contributed by atoms with E-state index in [1.807, 2.05) is 17.0 Å². The Hall–Kier alpha value is -3.21. The van der Waals surface area contributed by atoms with Gasteiger partial charge in [0.2, 0.25) is 0 Å². The highest BCUT2D eigenvalue weighted by atomic mass is 127. The molecule has 37 heavy (non-hydrogen) atoms. The molecule has 8 nitrogen and oxygen atoms in total. The van der Waals surface area contributed by atoms with E-state index in [0.717, 1.165) is 24.1 Å². The number of amides is 1. The molecule has 3 aromatic rings. The number of anilines is 2. The van der Waals surface area contributed by atoms with Crippen LogP contribution in [0.3, 0.4) is 0 Å². The van der Waals surface area contributed by atoms with Crippen molar-refractivity contribution in [2.75, 3.05) is 23.4 Å². The zero-order valence-corrected chi connectivity index (χ0v) is 21.7. The molecule has 190 valence electrons. The lowest BCUT2D eigenvalue weighted by Crippen LogP contribution is -2.34. The molecule has 5 rings (SSSR count). The van der Waals surface area contributed by atoms with Crippen LogP contribution in [-0.2, 0) is 5.41 Å². The highest BCUT2D eigenvalue weighted by Gasteiger charge is 2.55. The lowest BCUT2D eigenvalue weighted by Gasteiger charge is -2.28. The number of aliphatic hydroxyl groups excluding tert-OH is 1. The summed E-state index contributed by atoms with van der Waals surface area (Å²) in [5, 5.41) is 22.6. The van der Waals surface area contributed by atoms with E-state index in [1.165, 1.54) is 18.3 Å². The van der Waals surface area contributed by atoms with Gasteiger partial charge in [0.15, 0.2) is 5.82 Å². The maximum absolute atomic E-state index is 14.3. The van der Waals surface area contributed by atoms with E-state index in [-0.39, 0.29) is 34.1 Å². The molecule has 2 heterocycles. The molecule has 1 amide bonds. The number of nitriles is 1. The minimum Gasteiger partial charge on any atom is -0.394 e. The maximum Gasteiger partial charge on any atom is 0.274 e. The lowest BCUT2D eigenvalue weighted by molar-refractivity contribution is 0.102. The summed E-state index contributed by atoms with van der Waals surface area (Å²) < 4.78 is 28.7. The Morgan fingerprint density at radius 1 is 1.30 bits per heavy atom. The zero-order valence-electron chi connectivity index (χ0n) is 19.5. The molecule has 4 N–H and O–H groups in total. The van der Waals surface area contributed by atoms with Gasteiger partial charge in [-0.05, 0) is 48.7 Å². The van der Waals surface area contributed by atoms with Crippen LogP contribution in [0.1, 0.15) is 28.9 Å². The normalized spacial score (nSPS) is 24.5. The van der Waals surface area contributed by atoms with E-state index in [2.05, 4.69) is 43.9 Å². The predicted molar refractivity (Wildman–Crippen MR) is 142 cm³/mol. The van der Waals surface area contributed by atoms with E-state index in [4.69, 9.17) is 5.73 Å². The Balaban J connectivity index is 1.50. The second-order valence-corrected chi connectivity index (χ2v) is 10.8. The van der Waals surface area contributed by atoms with Gasteiger partial charge in [-0.25, -0.2) is 18.7 Å². The highest BCUT2D eigenvalue weighted by molar-refractivity contribution is 14.1. The first-order valence-electron chi connectivity index (χ1n) is 11.7. The molecule has 2 unspecified atom stereocenters. The van der Waals surface area contributed by atoms with E-state index in [0.29, 0.717) is 24.3 Å². The molecule has 1 saturated heterocycles. The Morgan fingerprint density at radius 3 is 2.68 bits per heavy atom. The molecule has 2 aromatic carbocycles. The number of hydrogen-bond acceptors (Lipinski definition) is 7. The molecule has 11 heteroatoms. The van der Waals surface area contributed by atoms with Crippen molar-refractivity contribution < 1.29 is 18.7 Å². The summed E-state index contributed by atoms with van der Waals surface area (Å²) >= 11 is 2.26. The molecule has 0 radical (unpaired) electrons. The first-order valence-corrected chi connectivity index (χ1v) is 12.9. The monoisotopic (exact) mass is 616 g/mol. The van der Waals surface area contributed by atoms with Crippen molar-refractivity contribution in [1.82, 2.24) is 9.97 Å². The quantitative estimate of drug-likeness (QED) is 0.286. The van der Waals surface area contributed by atoms with Gasteiger partial charge in [-0.3, -0.25) is 4.79 Å². The third kappa shape index (κ3) is 4.65. The summed E-state index contributed by atoms with van der Waals surface area (Å²) in [6.45, 7) is 0.349. The molecule has 0 bridgehead atoms. The number of carbonyl (C=O) groups is 1. The van der Waals surface area contributed by atoms with E-state index in [1.54, 1.807) is 6.07 Å². The third-order valence-corrected chi connectivity index (χ3v) is 8.38. The number of halogens is 3. The Morgan fingerprint density at radius 2 is 2.03 bits per heavy atom. The Kier molecular flexibility index (Phi) is 6.82. The van der Waals surface area contributed by atoms with Gasteiger partial charge in [0.25, 0.3) is 5.91 Å². The average molecular weight is 616 g/mol. The van der Waals surface area contributed by atoms with Gasteiger partial charge in [-0.15, -0.1) is 0 Å². The van der Waals surface area contributed by atoms with Crippen LogP contribution in [-0.4, -0.2) is 50.1 Å². The number of rotatable bonds is 6. The molecule has 1 aromatic heterocycles.